The van der Waals surface area contributed by atoms with Crippen LogP contribution in [-0.4, -0.2) is 26.6 Å². The summed E-state index contributed by atoms with van der Waals surface area (Å²) < 4.78 is 44.1. The number of Topliss-reactive ketones (excluding diaryl/α,β-unsaturated/α-hetero) is 1. The number of carbonyl (C=O) groups is 2. The Labute approximate surface area is 183 Å². The summed E-state index contributed by atoms with van der Waals surface area (Å²) in [7, 11) is -8.36. The molecular weight excluding hydrogens is 468 g/mol. The highest BCUT2D eigenvalue weighted by Gasteiger charge is 2.30. The van der Waals surface area contributed by atoms with Crippen LogP contribution >= 0.6 is 15.0 Å². The Hall–Kier alpha value is -2.35. The first-order valence-electron chi connectivity index (χ1n) is 9.38. The molecule has 1 aliphatic carbocycles. The number of halogens is 2. The van der Waals surface area contributed by atoms with Crippen LogP contribution in [0.25, 0.3) is 0 Å². The molecule has 0 spiro atoms. The van der Waals surface area contributed by atoms with Crippen molar-refractivity contribution in [3.05, 3.63) is 70.8 Å². The fourth-order valence-electron chi connectivity index (χ4n) is 2.75. The van der Waals surface area contributed by atoms with Crippen molar-refractivity contribution in [1.82, 2.24) is 0 Å². The normalized spacial score (nSPS) is 13.0. The number of benzene rings is 2. The standard InChI is InChI=1S/C10H11FO2.C10H9FO.H2O5P2/c11-9-5-1-3-8(7-9)4-2-6-10(12)13;11-8-4-5-9-7(6-8)2-1-3-10(9)12;1-6(2)7(3,4)5/h1,3,5,7H,2,4,6H2,(H,12,13);4-6H,1-3H2;(H2,3,4,5). The predicted octanol–water partition coefficient (Wildman–Crippen LogP) is 3.76. The minimum absolute atomic E-state index is 0.135. The van der Waals surface area contributed by atoms with Crippen LogP contribution < -0.4 is 4.89 Å². The van der Waals surface area contributed by atoms with E-state index in [1.165, 1.54) is 24.3 Å². The second-order valence-electron chi connectivity index (χ2n) is 6.71. The monoisotopic (exact) mass is 490 g/mol. The van der Waals surface area contributed by atoms with E-state index in [-0.39, 0.29) is 23.8 Å². The van der Waals surface area contributed by atoms with Crippen molar-refractivity contribution in [3.63, 3.8) is 0 Å². The van der Waals surface area contributed by atoms with Gasteiger partial charge in [-0.25, -0.2) is 13.3 Å². The molecular formula is C20H22F2O8P2. The fraction of sp³-hybridized carbons (Fsp3) is 0.300. The summed E-state index contributed by atoms with van der Waals surface area (Å²) in [5.74, 6) is -1.18. The van der Waals surface area contributed by atoms with Gasteiger partial charge in [-0.2, -0.15) is 0 Å². The van der Waals surface area contributed by atoms with Gasteiger partial charge in [-0.15, -0.1) is 0 Å². The molecule has 1 unspecified atom stereocenters. The van der Waals surface area contributed by atoms with Gasteiger partial charge in [0, 0.05) is 18.4 Å². The van der Waals surface area contributed by atoms with E-state index >= 15 is 0 Å². The second kappa shape index (κ2) is 13.3. The molecule has 0 aromatic heterocycles. The number of aryl methyl sites for hydroxylation is 2. The number of hydrogen-bond donors (Lipinski definition) is 3. The zero-order valence-electron chi connectivity index (χ0n) is 16.8. The average Bonchev–Trinajstić information content (AvgIpc) is 2.68. The Morgan fingerprint density at radius 2 is 1.72 bits per heavy atom. The molecule has 8 nitrogen and oxygen atoms in total. The summed E-state index contributed by atoms with van der Waals surface area (Å²) in [6, 6.07) is 10.6. The first-order valence-corrected chi connectivity index (χ1v) is 12.9. The predicted molar refractivity (Wildman–Crippen MR) is 110 cm³/mol. The minimum Gasteiger partial charge on any atom is -0.588 e. The summed E-state index contributed by atoms with van der Waals surface area (Å²) in [5.41, 5.74) is 2.43. The number of aliphatic carboxylic acids is 1. The first-order chi connectivity index (χ1) is 14.9. The molecule has 0 heterocycles. The van der Waals surface area contributed by atoms with Crippen LogP contribution in [0.2, 0.25) is 0 Å². The number of fused-ring (bicyclic) bond motifs is 1. The molecule has 0 aliphatic heterocycles. The third kappa shape index (κ3) is 10.8. The molecule has 0 bridgehead atoms. The third-order valence-corrected chi connectivity index (χ3v) is 5.88. The van der Waals surface area contributed by atoms with E-state index in [0.29, 0.717) is 24.8 Å². The fourth-order valence-corrected chi connectivity index (χ4v) is 2.75. The van der Waals surface area contributed by atoms with Gasteiger partial charge in [0.2, 0.25) is 0 Å². The van der Waals surface area contributed by atoms with Crippen LogP contribution in [0, 0.1) is 11.6 Å². The molecule has 0 saturated carbocycles. The van der Waals surface area contributed by atoms with Crippen molar-refractivity contribution in [2.75, 3.05) is 0 Å². The summed E-state index contributed by atoms with van der Waals surface area (Å²) in [6.07, 6.45) is 3.60. The van der Waals surface area contributed by atoms with Crippen LogP contribution in [0.1, 0.15) is 47.2 Å². The molecule has 32 heavy (non-hydrogen) atoms. The number of hydrogen-bond acceptors (Lipinski definition) is 5. The lowest BCUT2D eigenvalue weighted by Crippen LogP contribution is -2.10. The molecule has 2 aromatic rings. The van der Waals surface area contributed by atoms with Crippen LogP contribution in [0.5, 0.6) is 0 Å². The Balaban J connectivity index is 0.000000252. The van der Waals surface area contributed by atoms with Gasteiger partial charge in [-0.05, 0) is 67.1 Å². The summed E-state index contributed by atoms with van der Waals surface area (Å²) in [6.45, 7) is 0. The average molecular weight is 490 g/mol. The van der Waals surface area contributed by atoms with Crippen molar-refractivity contribution < 1.29 is 47.3 Å². The van der Waals surface area contributed by atoms with E-state index in [1.54, 1.807) is 18.2 Å². The maximum Gasteiger partial charge on any atom is 0.561 e. The van der Waals surface area contributed by atoms with E-state index in [4.69, 9.17) is 14.9 Å². The Morgan fingerprint density at radius 3 is 2.28 bits per heavy atom. The molecule has 3 N–H and O–H groups in total. The lowest BCUT2D eigenvalue weighted by atomic mass is 9.91. The van der Waals surface area contributed by atoms with Gasteiger partial charge >= 0.3 is 21.0 Å². The highest BCUT2D eigenvalue weighted by Crippen LogP contribution is 2.56. The SMILES string of the molecule is O=C(O)CCCc1cccc(F)c1.O=C1CCCc2cc(F)ccc21.O=[P+]([O-])P(=O)(O)O. The van der Waals surface area contributed by atoms with Crippen molar-refractivity contribution in [2.45, 2.75) is 38.5 Å². The summed E-state index contributed by atoms with van der Waals surface area (Å²) in [5, 5.41) is 8.37. The van der Waals surface area contributed by atoms with Crippen LogP contribution in [-0.2, 0) is 26.8 Å². The molecule has 0 saturated heterocycles. The maximum atomic E-state index is 12.7. The minimum atomic E-state index is -4.78. The number of carboxylic acids is 1. The molecule has 174 valence electrons. The van der Waals surface area contributed by atoms with Gasteiger partial charge in [0.05, 0.1) is 0 Å². The van der Waals surface area contributed by atoms with Crippen molar-refractivity contribution in [3.8, 4) is 0 Å². The molecule has 0 fully saturated rings. The van der Waals surface area contributed by atoms with Gasteiger partial charge < -0.3 is 10.00 Å². The van der Waals surface area contributed by atoms with E-state index in [1.807, 2.05) is 0 Å². The Morgan fingerprint density at radius 1 is 1.09 bits per heavy atom. The molecule has 12 heteroatoms. The Kier molecular flexibility index (Phi) is 11.5. The van der Waals surface area contributed by atoms with E-state index in [9.17, 15) is 32.4 Å². The Bertz CT molecular complexity index is 1010. The van der Waals surface area contributed by atoms with Gasteiger partial charge in [0.15, 0.2) is 5.78 Å². The smallest absolute Gasteiger partial charge is 0.561 e. The number of ketones is 1. The first kappa shape index (κ1) is 27.7. The number of carbonyl (C=O) groups excluding carboxylic acids is 1. The quantitative estimate of drug-likeness (QED) is 0.536. The van der Waals surface area contributed by atoms with Gasteiger partial charge in [0.1, 0.15) is 11.6 Å². The van der Waals surface area contributed by atoms with Crippen LogP contribution in [0.3, 0.4) is 0 Å². The zero-order valence-corrected chi connectivity index (χ0v) is 18.6. The number of carboxylic acid groups (broad SMARTS) is 1. The molecule has 3 rings (SSSR count). The molecule has 0 amide bonds. The highest BCUT2D eigenvalue weighted by molar-refractivity contribution is 8.19. The summed E-state index contributed by atoms with van der Waals surface area (Å²) in [4.78, 5) is 46.0. The van der Waals surface area contributed by atoms with Gasteiger partial charge in [-0.1, -0.05) is 16.7 Å². The number of rotatable bonds is 5. The van der Waals surface area contributed by atoms with Crippen molar-refractivity contribution in [2.24, 2.45) is 0 Å². The molecule has 1 atom stereocenters. The van der Waals surface area contributed by atoms with Crippen LogP contribution in [0.4, 0.5) is 8.78 Å². The van der Waals surface area contributed by atoms with Crippen LogP contribution in [0.15, 0.2) is 42.5 Å². The lowest BCUT2D eigenvalue weighted by Gasteiger charge is -2.13. The second-order valence-corrected chi connectivity index (χ2v) is 10.8. The van der Waals surface area contributed by atoms with Gasteiger partial charge in [0.25, 0.3) is 0 Å². The van der Waals surface area contributed by atoms with E-state index in [2.05, 4.69) is 0 Å². The largest absolute Gasteiger partial charge is 0.588 e. The van der Waals surface area contributed by atoms with E-state index in [0.717, 1.165) is 24.0 Å². The third-order valence-electron chi connectivity index (χ3n) is 4.18. The molecule has 0 radical (unpaired) electrons. The summed E-state index contributed by atoms with van der Waals surface area (Å²) >= 11 is 0. The van der Waals surface area contributed by atoms with Gasteiger partial charge in [-0.3, -0.25) is 19.4 Å². The maximum absolute atomic E-state index is 12.7. The lowest BCUT2D eigenvalue weighted by molar-refractivity contribution is -0.160. The topological polar surface area (TPSA) is 152 Å². The zero-order chi connectivity index (χ0) is 24.3. The molecule has 1 aliphatic rings. The van der Waals surface area contributed by atoms with Crippen molar-refractivity contribution >= 4 is 26.8 Å². The van der Waals surface area contributed by atoms with E-state index < -0.39 is 21.0 Å². The molecule has 2 aromatic carbocycles. The highest BCUT2D eigenvalue weighted by atomic mass is 32.1. The van der Waals surface area contributed by atoms with Crippen molar-refractivity contribution in [1.29, 1.82) is 0 Å².